The van der Waals surface area contributed by atoms with Crippen molar-refractivity contribution in [3.05, 3.63) is 23.8 Å². The molecule has 0 aliphatic heterocycles. The number of nitrogens with two attached hydrogens (primary N) is 2. The maximum absolute atomic E-state index is 5.78. The van der Waals surface area contributed by atoms with Crippen LogP contribution in [0.15, 0.2) is 18.2 Å². The van der Waals surface area contributed by atoms with Crippen molar-refractivity contribution in [2.75, 3.05) is 11.6 Å². The van der Waals surface area contributed by atoms with Gasteiger partial charge in [0.15, 0.2) is 0 Å². The molecule has 4 nitrogen and oxygen atoms in total. The van der Waals surface area contributed by atoms with E-state index in [1.807, 2.05) is 12.1 Å². The zero-order valence-electron chi connectivity index (χ0n) is 9.28. The molecule has 0 fully saturated rings. The van der Waals surface area contributed by atoms with Crippen molar-refractivity contribution in [2.24, 2.45) is 0 Å². The number of imidazole rings is 1. The Labute approximate surface area is 88.9 Å². The Hall–Kier alpha value is -1.71. The second-order valence-electron chi connectivity index (χ2n) is 4.76. The van der Waals surface area contributed by atoms with Crippen molar-refractivity contribution >= 4 is 17.0 Å². The summed E-state index contributed by atoms with van der Waals surface area (Å²) in [5.74, 6) is 6.13. The first-order valence-corrected chi connectivity index (χ1v) is 4.94. The molecule has 0 spiro atoms. The summed E-state index contributed by atoms with van der Waals surface area (Å²) in [7, 11) is 0. The zero-order valence-corrected chi connectivity index (χ0v) is 9.28. The van der Waals surface area contributed by atoms with Gasteiger partial charge >= 0.3 is 0 Å². The van der Waals surface area contributed by atoms with Crippen molar-refractivity contribution in [3.8, 4) is 0 Å². The third kappa shape index (κ3) is 1.42. The monoisotopic (exact) mass is 204 g/mol. The number of hydrogen-bond donors (Lipinski definition) is 2. The molecule has 15 heavy (non-hydrogen) atoms. The number of anilines is 1. The highest BCUT2D eigenvalue weighted by molar-refractivity contribution is 5.82. The Morgan fingerprint density at radius 1 is 1.27 bits per heavy atom. The van der Waals surface area contributed by atoms with Crippen LogP contribution in [0.1, 0.15) is 26.3 Å². The van der Waals surface area contributed by atoms with Crippen LogP contribution in [-0.2, 0) is 5.41 Å². The van der Waals surface area contributed by atoms with Crippen LogP contribution < -0.4 is 11.6 Å². The summed E-state index contributed by atoms with van der Waals surface area (Å²) >= 11 is 0. The molecule has 1 aromatic carbocycles. The van der Waals surface area contributed by atoms with Gasteiger partial charge in [-0.1, -0.05) is 32.9 Å². The minimum Gasteiger partial charge on any atom is -0.368 e. The molecule has 0 unspecified atom stereocenters. The van der Waals surface area contributed by atoms with E-state index in [0.717, 1.165) is 16.6 Å². The predicted molar refractivity (Wildman–Crippen MR) is 63.0 cm³/mol. The van der Waals surface area contributed by atoms with Gasteiger partial charge in [0.2, 0.25) is 5.95 Å². The number of fused-ring (bicyclic) bond motifs is 1. The SMILES string of the molecule is CC(C)(C)c1cccc2c1nc(N)n2N. The molecule has 0 radical (unpaired) electrons. The van der Waals surface area contributed by atoms with Gasteiger partial charge in [-0.25, -0.2) is 9.66 Å². The number of para-hydroxylation sites is 1. The first kappa shape index (κ1) is 9.83. The van der Waals surface area contributed by atoms with Crippen LogP contribution in [0, 0.1) is 0 Å². The molecule has 4 heteroatoms. The number of nitrogens with zero attached hydrogens (tertiary/aromatic N) is 2. The Kier molecular flexibility index (Phi) is 1.89. The molecule has 2 rings (SSSR count). The van der Waals surface area contributed by atoms with Gasteiger partial charge in [-0.15, -0.1) is 0 Å². The van der Waals surface area contributed by atoms with Gasteiger partial charge in [-0.05, 0) is 17.0 Å². The highest BCUT2D eigenvalue weighted by Crippen LogP contribution is 2.29. The molecule has 80 valence electrons. The van der Waals surface area contributed by atoms with Crippen molar-refractivity contribution in [1.82, 2.24) is 9.66 Å². The average molecular weight is 204 g/mol. The normalized spacial score (nSPS) is 12.2. The molecular formula is C11H16N4. The summed E-state index contributed by atoms with van der Waals surface area (Å²) in [6.45, 7) is 6.44. The molecule has 2 aromatic rings. The molecule has 0 aliphatic rings. The van der Waals surface area contributed by atoms with E-state index < -0.39 is 0 Å². The lowest BCUT2D eigenvalue weighted by molar-refractivity contribution is 0.595. The first-order chi connectivity index (χ1) is 6.91. The Balaban J connectivity index is 2.83. The number of hydrogen-bond acceptors (Lipinski definition) is 3. The van der Waals surface area contributed by atoms with Crippen LogP contribution in [-0.4, -0.2) is 9.66 Å². The molecule has 0 aliphatic carbocycles. The van der Waals surface area contributed by atoms with Gasteiger partial charge in [0.05, 0.1) is 11.0 Å². The van der Waals surface area contributed by atoms with E-state index in [1.54, 1.807) is 0 Å². The summed E-state index contributed by atoms with van der Waals surface area (Å²) in [5, 5.41) is 0. The largest absolute Gasteiger partial charge is 0.368 e. The van der Waals surface area contributed by atoms with Crippen LogP contribution in [0.2, 0.25) is 0 Å². The highest BCUT2D eigenvalue weighted by Gasteiger charge is 2.19. The van der Waals surface area contributed by atoms with Crippen LogP contribution in [0.25, 0.3) is 11.0 Å². The molecule has 0 saturated heterocycles. The summed E-state index contributed by atoms with van der Waals surface area (Å²) in [6, 6.07) is 5.97. The highest BCUT2D eigenvalue weighted by atomic mass is 15.4. The van der Waals surface area contributed by atoms with E-state index in [-0.39, 0.29) is 5.41 Å². The first-order valence-electron chi connectivity index (χ1n) is 4.94. The number of aromatic nitrogens is 2. The lowest BCUT2D eigenvalue weighted by Crippen LogP contribution is -2.12. The van der Waals surface area contributed by atoms with Gasteiger partial charge in [-0.3, -0.25) is 0 Å². The molecular weight excluding hydrogens is 188 g/mol. The third-order valence-corrected chi connectivity index (χ3v) is 2.56. The smallest absolute Gasteiger partial charge is 0.220 e. The molecule has 1 heterocycles. The van der Waals surface area contributed by atoms with Crippen LogP contribution >= 0.6 is 0 Å². The lowest BCUT2D eigenvalue weighted by Gasteiger charge is -2.19. The number of nitrogen functional groups attached to an aromatic ring is 2. The van der Waals surface area contributed by atoms with Gasteiger partial charge in [-0.2, -0.15) is 0 Å². The summed E-state index contributed by atoms with van der Waals surface area (Å²) < 4.78 is 1.42. The molecule has 0 saturated carbocycles. The van der Waals surface area contributed by atoms with E-state index >= 15 is 0 Å². The standard InChI is InChI=1S/C11H16N4/c1-11(2,3)7-5-4-6-8-9(7)14-10(12)15(8)13/h4-6H,13H2,1-3H3,(H2,12,14). The fourth-order valence-electron chi connectivity index (χ4n) is 1.74. The summed E-state index contributed by atoms with van der Waals surface area (Å²) in [4.78, 5) is 4.29. The number of rotatable bonds is 0. The Bertz CT molecular complexity index is 505. The molecule has 0 atom stereocenters. The van der Waals surface area contributed by atoms with Crippen molar-refractivity contribution in [2.45, 2.75) is 26.2 Å². The van der Waals surface area contributed by atoms with E-state index in [2.05, 4.69) is 31.8 Å². The quantitative estimate of drug-likeness (QED) is 0.641. The zero-order chi connectivity index (χ0) is 11.2. The van der Waals surface area contributed by atoms with E-state index in [1.165, 1.54) is 4.68 Å². The van der Waals surface area contributed by atoms with Crippen LogP contribution in [0.4, 0.5) is 5.95 Å². The van der Waals surface area contributed by atoms with Gasteiger partial charge in [0.25, 0.3) is 0 Å². The average Bonchev–Trinajstić information content (AvgIpc) is 2.41. The maximum atomic E-state index is 5.78. The van der Waals surface area contributed by atoms with Crippen molar-refractivity contribution in [3.63, 3.8) is 0 Å². The van der Waals surface area contributed by atoms with Gasteiger partial charge < -0.3 is 11.6 Å². The van der Waals surface area contributed by atoms with Crippen LogP contribution in [0.3, 0.4) is 0 Å². The lowest BCUT2D eigenvalue weighted by atomic mass is 9.86. The van der Waals surface area contributed by atoms with E-state index in [9.17, 15) is 0 Å². The number of benzene rings is 1. The van der Waals surface area contributed by atoms with E-state index in [0.29, 0.717) is 5.95 Å². The van der Waals surface area contributed by atoms with E-state index in [4.69, 9.17) is 11.6 Å². The Morgan fingerprint density at radius 2 is 1.93 bits per heavy atom. The van der Waals surface area contributed by atoms with Crippen molar-refractivity contribution in [1.29, 1.82) is 0 Å². The second-order valence-corrected chi connectivity index (χ2v) is 4.76. The second kappa shape index (κ2) is 2.89. The van der Waals surface area contributed by atoms with Gasteiger partial charge in [0, 0.05) is 0 Å². The van der Waals surface area contributed by atoms with Crippen molar-refractivity contribution < 1.29 is 0 Å². The summed E-state index contributed by atoms with van der Waals surface area (Å²) in [6.07, 6.45) is 0. The predicted octanol–water partition coefficient (Wildman–Crippen LogP) is 1.63. The molecule has 0 amide bonds. The maximum Gasteiger partial charge on any atom is 0.220 e. The third-order valence-electron chi connectivity index (χ3n) is 2.56. The molecule has 4 N–H and O–H groups in total. The molecule has 0 bridgehead atoms. The minimum absolute atomic E-state index is 0.0420. The molecule has 1 aromatic heterocycles. The van der Waals surface area contributed by atoms with Crippen LogP contribution in [0.5, 0.6) is 0 Å². The summed E-state index contributed by atoms with van der Waals surface area (Å²) in [5.41, 5.74) is 8.66. The topological polar surface area (TPSA) is 69.9 Å². The fourth-order valence-corrected chi connectivity index (χ4v) is 1.74. The van der Waals surface area contributed by atoms with Gasteiger partial charge in [0.1, 0.15) is 0 Å². The minimum atomic E-state index is 0.0420. The Morgan fingerprint density at radius 3 is 2.53 bits per heavy atom. The fraction of sp³-hybridized carbons (Fsp3) is 0.364.